The normalized spacial score (nSPS) is 15.8. The van der Waals surface area contributed by atoms with Crippen molar-refractivity contribution in [2.45, 2.75) is 64.5 Å². The van der Waals surface area contributed by atoms with Crippen molar-refractivity contribution < 1.29 is 9.53 Å². The molecule has 0 radical (unpaired) electrons. The van der Waals surface area contributed by atoms with Crippen LogP contribution in [0.2, 0.25) is 18.1 Å². The molecule has 0 aliphatic rings. The second kappa shape index (κ2) is 7.54. The van der Waals surface area contributed by atoms with Gasteiger partial charge in [0.05, 0.1) is 12.7 Å². The van der Waals surface area contributed by atoms with Crippen molar-refractivity contribution in [3.63, 3.8) is 0 Å². The van der Waals surface area contributed by atoms with E-state index in [0.29, 0.717) is 6.61 Å². The zero-order chi connectivity index (χ0) is 16.1. The molecule has 0 aromatic heterocycles. The van der Waals surface area contributed by atoms with Crippen LogP contribution < -0.4 is 5.32 Å². The molecule has 0 amide bonds. The highest BCUT2D eigenvalue weighted by Gasteiger charge is 2.37. The van der Waals surface area contributed by atoms with Crippen molar-refractivity contribution in [2.75, 3.05) is 6.61 Å². The highest BCUT2D eigenvalue weighted by Crippen LogP contribution is 2.36. The maximum Gasteiger partial charge on any atom is 0.192 e. The molecular weight excluding hydrogens is 278 g/mol. The van der Waals surface area contributed by atoms with Gasteiger partial charge in [-0.1, -0.05) is 51.1 Å². The number of benzene rings is 1. The van der Waals surface area contributed by atoms with E-state index in [1.807, 2.05) is 25.1 Å². The first kappa shape index (κ1) is 18.4. The largest absolute Gasteiger partial charge is 0.414 e. The van der Waals surface area contributed by atoms with E-state index in [0.717, 1.165) is 6.54 Å². The first-order valence-electron chi connectivity index (χ1n) is 7.73. The maximum absolute atomic E-state index is 10.3. The first-order chi connectivity index (χ1) is 9.63. The van der Waals surface area contributed by atoms with Gasteiger partial charge in [0, 0.05) is 12.6 Å². The summed E-state index contributed by atoms with van der Waals surface area (Å²) in [5, 5.41) is 13.8. The fraction of sp³-hybridized carbons (Fsp3) is 0.647. The van der Waals surface area contributed by atoms with Crippen LogP contribution in [0.25, 0.3) is 0 Å². The van der Waals surface area contributed by atoms with Gasteiger partial charge in [-0.3, -0.25) is 0 Å². The summed E-state index contributed by atoms with van der Waals surface area (Å²) < 4.78 is 6.08. The van der Waals surface area contributed by atoms with Crippen molar-refractivity contribution in [1.82, 2.24) is 5.32 Å². The number of rotatable bonds is 7. The molecule has 0 spiro atoms. The van der Waals surface area contributed by atoms with E-state index in [9.17, 15) is 5.11 Å². The number of aliphatic hydroxyl groups is 1. The zero-order valence-electron chi connectivity index (χ0n) is 14.3. The third kappa shape index (κ3) is 5.91. The van der Waals surface area contributed by atoms with Gasteiger partial charge in [0.2, 0.25) is 0 Å². The van der Waals surface area contributed by atoms with E-state index >= 15 is 0 Å². The monoisotopic (exact) mass is 309 g/mol. The average molecular weight is 310 g/mol. The van der Waals surface area contributed by atoms with E-state index in [4.69, 9.17) is 4.43 Å². The molecule has 0 unspecified atom stereocenters. The van der Waals surface area contributed by atoms with Gasteiger partial charge in [-0.2, -0.15) is 0 Å². The minimum atomic E-state index is -1.79. The molecule has 0 heterocycles. The van der Waals surface area contributed by atoms with Crippen LogP contribution in [0, 0.1) is 0 Å². The lowest BCUT2D eigenvalue weighted by atomic mass is 10.1. The summed E-state index contributed by atoms with van der Waals surface area (Å²) in [4.78, 5) is 0. The molecule has 0 saturated heterocycles. The summed E-state index contributed by atoms with van der Waals surface area (Å²) in [7, 11) is -1.79. The average Bonchev–Trinajstić information content (AvgIpc) is 2.42. The Bertz CT molecular complexity index is 415. The van der Waals surface area contributed by atoms with Gasteiger partial charge in [-0.25, -0.2) is 0 Å². The molecule has 4 heteroatoms. The van der Waals surface area contributed by atoms with Crippen LogP contribution >= 0.6 is 0 Å². The lowest BCUT2D eigenvalue weighted by Gasteiger charge is -2.37. The van der Waals surface area contributed by atoms with Gasteiger partial charge in [-0.05, 0) is 30.6 Å². The van der Waals surface area contributed by atoms with Crippen LogP contribution in [0.5, 0.6) is 0 Å². The van der Waals surface area contributed by atoms with Crippen LogP contribution in [0.15, 0.2) is 30.3 Å². The molecule has 1 aromatic rings. The Morgan fingerprint density at radius 3 is 2.29 bits per heavy atom. The number of hydrogen-bond donors (Lipinski definition) is 2. The predicted octanol–water partition coefficient (Wildman–Crippen LogP) is 3.55. The van der Waals surface area contributed by atoms with Crippen LogP contribution in [-0.2, 0) is 11.0 Å². The third-order valence-electron chi connectivity index (χ3n) is 4.47. The van der Waals surface area contributed by atoms with Crippen LogP contribution in [0.3, 0.4) is 0 Å². The molecule has 0 aliphatic carbocycles. The second-order valence-electron chi connectivity index (χ2n) is 7.29. The van der Waals surface area contributed by atoms with E-state index in [-0.39, 0.29) is 11.1 Å². The molecule has 3 nitrogen and oxygen atoms in total. The minimum absolute atomic E-state index is 0.00924. The van der Waals surface area contributed by atoms with E-state index in [2.05, 4.69) is 51.3 Å². The quantitative estimate of drug-likeness (QED) is 0.757. The number of aliphatic hydroxyl groups excluding tert-OH is 1. The van der Waals surface area contributed by atoms with Crippen molar-refractivity contribution in [1.29, 1.82) is 0 Å². The van der Waals surface area contributed by atoms with Gasteiger partial charge in [0.1, 0.15) is 0 Å². The van der Waals surface area contributed by atoms with E-state index in [1.54, 1.807) is 0 Å². The molecule has 1 rings (SSSR count). The van der Waals surface area contributed by atoms with Gasteiger partial charge in [0.25, 0.3) is 0 Å². The molecule has 0 aliphatic heterocycles. The van der Waals surface area contributed by atoms with Crippen molar-refractivity contribution in [2.24, 2.45) is 0 Å². The standard InChI is InChI=1S/C17H31NO2Si/c1-14(18-12-15-10-8-7-9-11-15)16(19)13-20-21(5,6)17(2,3)4/h7-11,14,16,18-19H,12-13H2,1-6H3/t14-,16-/m1/s1. The zero-order valence-corrected chi connectivity index (χ0v) is 15.3. The Kier molecular flexibility index (Phi) is 6.59. The van der Waals surface area contributed by atoms with Crippen molar-refractivity contribution >= 4 is 8.32 Å². The Labute approximate surface area is 130 Å². The molecule has 0 fully saturated rings. The molecule has 0 bridgehead atoms. The predicted molar refractivity (Wildman–Crippen MR) is 91.9 cm³/mol. The molecule has 2 N–H and O–H groups in total. The summed E-state index contributed by atoms with van der Waals surface area (Å²) in [6.45, 7) is 14.2. The summed E-state index contributed by atoms with van der Waals surface area (Å²) in [6, 6.07) is 10.2. The SMILES string of the molecule is C[C@@H](NCc1ccccc1)[C@H](O)CO[Si](C)(C)C(C)(C)C. The Hall–Kier alpha value is -0.683. The van der Waals surface area contributed by atoms with Crippen LogP contribution in [-0.4, -0.2) is 32.2 Å². The molecule has 1 aromatic carbocycles. The summed E-state index contributed by atoms with van der Waals surface area (Å²) in [5.74, 6) is 0. The first-order valence-corrected chi connectivity index (χ1v) is 10.6. The number of nitrogens with one attached hydrogen (secondary N) is 1. The maximum atomic E-state index is 10.3. The third-order valence-corrected chi connectivity index (χ3v) is 8.97. The van der Waals surface area contributed by atoms with Crippen LogP contribution in [0.1, 0.15) is 33.3 Å². The van der Waals surface area contributed by atoms with Crippen molar-refractivity contribution in [3.05, 3.63) is 35.9 Å². The highest BCUT2D eigenvalue weighted by molar-refractivity contribution is 6.74. The Morgan fingerprint density at radius 1 is 1.19 bits per heavy atom. The van der Waals surface area contributed by atoms with Crippen molar-refractivity contribution in [3.8, 4) is 0 Å². The molecule has 2 atom stereocenters. The molecule has 0 saturated carbocycles. The minimum Gasteiger partial charge on any atom is -0.414 e. The van der Waals surface area contributed by atoms with Gasteiger partial charge in [0.15, 0.2) is 8.32 Å². The highest BCUT2D eigenvalue weighted by atomic mass is 28.4. The smallest absolute Gasteiger partial charge is 0.192 e. The van der Waals surface area contributed by atoms with Gasteiger partial charge in [-0.15, -0.1) is 0 Å². The molecular formula is C17H31NO2Si. The molecule has 21 heavy (non-hydrogen) atoms. The second-order valence-corrected chi connectivity index (χ2v) is 12.1. The molecule has 120 valence electrons. The Balaban J connectivity index is 2.39. The number of hydrogen-bond acceptors (Lipinski definition) is 3. The lowest BCUT2D eigenvalue weighted by Crippen LogP contribution is -2.46. The lowest BCUT2D eigenvalue weighted by molar-refractivity contribution is 0.0720. The summed E-state index contributed by atoms with van der Waals surface area (Å²) in [6.07, 6.45) is -0.483. The topological polar surface area (TPSA) is 41.5 Å². The van der Waals surface area contributed by atoms with E-state index in [1.165, 1.54) is 5.56 Å². The summed E-state index contributed by atoms with van der Waals surface area (Å²) >= 11 is 0. The van der Waals surface area contributed by atoms with Crippen LogP contribution in [0.4, 0.5) is 0 Å². The fourth-order valence-corrected chi connectivity index (χ4v) is 2.69. The van der Waals surface area contributed by atoms with Gasteiger partial charge < -0.3 is 14.8 Å². The Morgan fingerprint density at radius 2 is 1.76 bits per heavy atom. The van der Waals surface area contributed by atoms with E-state index < -0.39 is 14.4 Å². The summed E-state index contributed by atoms with van der Waals surface area (Å²) in [5.41, 5.74) is 1.22. The fourth-order valence-electron chi connectivity index (χ4n) is 1.67. The van der Waals surface area contributed by atoms with Gasteiger partial charge >= 0.3 is 0 Å².